The van der Waals surface area contributed by atoms with Crippen molar-refractivity contribution >= 4 is 17.7 Å². The molecule has 2 aromatic carbocycles. The molecule has 0 radical (unpaired) electrons. The maximum Gasteiger partial charge on any atom is 0.248 e. The third-order valence-electron chi connectivity index (χ3n) is 5.18. The number of halogens is 1. The zero-order valence-electron chi connectivity index (χ0n) is 16.6. The van der Waals surface area contributed by atoms with Crippen LogP contribution < -0.4 is 5.73 Å². The Labute approximate surface area is 179 Å². The second-order valence-corrected chi connectivity index (χ2v) is 8.34. The van der Waals surface area contributed by atoms with Gasteiger partial charge in [0, 0.05) is 17.0 Å². The van der Waals surface area contributed by atoms with Crippen molar-refractivity contribution < 1.29 is 9.18 Å². The summed E-state index contributed by atoms with van der Waals surface area (Å²) in [7, 11) is 0. The van der Waals surface area contributed by atoms with Crippen molar-refractivity contribution in [2.75, 3.05) is 13.1 Å². The van der Waals surface area contributed by atoms with Gasteiger partial charge in [-0.15, -0.1) is 10.2 Å². The van der Waals surface area contributed by atoms with Gasteiger partial charge < -0.3 is 5.73 Å². The number of amides is 1. The first-order valence-corrected chi connectivity index (χ1v) is 11.0. The summed E-state index contributed by atoms with van der Waals surface area (Å²) in [5.41, 5.74) is 7.68. The molecule has 0 atom stereocenters. The summed E-state index contributed by atoms with van der Waals surface area (Å²) in [5.74, 6) is 0.739. The number of thioether (sulfide) groups is 1. The summed E-state index contributed by atoms with van der Waals surface area (Å²) in [5, 5.41) is 9.60. The summed E-state index contributed by atoms with van der Waals surface area (Å²) in [6.45, 7) is 2.82. The molecule has 2 N–H and O–H groups in total. The van der Waals surface area contributed by atoms with Crippen LogP contribution in [0.1, 0.15) is 41.0 Å². The monoisotopic (exact) mass is 425 g/mol. The third kappa shape index (κ3) is 4.88. The van der Waals surface area contributed by atoms with Gasteiger partial charge in [-0.2, -0.15) is 0 Å². The van der Waals surface area contributed by atoms with Crippen LogP contribution in [0.5, 0.6) is 0 Å². The molecule has 1 fully saturated rings. The van der Waals surface area contributed by atoms with Crippen molar-refractivity contribution in [3.8, 4) is 5.69 Å². The van der Waals surface area contributed by atoms with Crippen LogP contribution in [-0.4, -0.2) is 38.7 Å². The van der Waals surface area contributed by atoms with Gasteiger partial charge in [0.25, 0.3) is 0 Å². The van der Waals surface area contributed by atoms with Crippen LogP contribution in [0.25, 0.3) is 5.69 Å². The highest BCUT2D eigenvalue weighted by molar-refractivity contribution is 7.98. The lowest BCUT2D eigenvalue weighted by Gasteiger charge is -2.26. The zero-order chi connectivity index (χ0) is 20.9. The minimum absolute atomic E-state index is 0.276. The highest BCUT2D eigenvalue weighted by Crippen LogP contribution is 2.27. The van der Waals surface area contributed by atoms with Crippen LogP contribution in [0.15, 0.2) is 53.7 Å². The number of aromatic nitrogens is 3. The van der Waals surface area contributed by atoms with E-state index in [1.807, 2.05) is 16.7 Å². The number of likely N-dealkylation sites (tertiary alicyclic amines) is 1. The number of nitrogens with two attached hydrogens (primary N) is 1. The van der Waals surface area contributed by atoms with E-state index in [-0.39, 0.29) is 5.82 Å². The van der Waals surface area contributed by atoms with Crippen molar-refractivity contribution in [1.29, 1.82) is 0 Å². The van der Waals surface area contributed by atoms with Gasteiger partial charge in [-0.05, 0) is 67.9 Å². The third-order valence-corrected chi connectivity index (χ3v) is 6.18. The largest absolute Gasteiger partial charge is 0.366 e. The van der Waals surface area contributed by atoms with Gasteiger partial charge in [0.05, 0.1) is 6.54 Å². The van der Waals surface area contributed by atoms with Gasteiger partial charge in [0.15, 0.2) is 11.0 Å². The molecule has 0 saturated carbocycles. The van der Waals surface area contributed by atoms with Gasteiger partial charge in [-0.25, -0.2) is 4.39 Å². The minimum Gasteiger partial charge on any atom is -0.366 e. The smallest absolute Gasteiger partial charge is 0.248 e. The first kappa shape index (κ1) is 20.6. The Bertz CT molecular complexity index is 1010. The molecule has 0 spiro atoms. The van der Waals surface area contributed by atoms with Crippen LogP contribution in [0, 0.1) is 5.82 Å². The zero-order valence-corrected chi connectivity index (χ0v) is 17.4. The fourth-order valence-corrected chi connectivity index (χ4v) is 4.54. The molecule has 0 unspecified atom stereocenters. The number of nitrogens with zero attached hydrogens (tertiary/aromatic N) is 4. The fourth-order valence-electron chi connectivity index (χ4n) is 3.63. The number of hydrogen-bond acceptors (Lipinski definition) is 5. The van der Waals surface area contributed by atoms with Gasteiger partial charge in [0.1, 0.15) is 5.82 Å². The Morgan fingerprint density at radius 2 is 1.83 bits per heavy atom. The molecule has 0 bridgehead atoms. The van der Waals surface area contributed by atoms with Gasteiger partial charge >= 0.3 is 0 Å². The first-order chi connectivity index (χ1) is 14.6. The van der Waals surface area contributed by atoms with Crippen molar-refractivity contribution in [2.45, 2.75) is 36.7 Å². The number of carbonyl (C=O) groups is 1. The summed E-state index contributed by atoms with van der Waals surface area (Å²) in [6.07, 6.45) is 3.66. The normalized spacial score (nSPS) is 14.7. The Kier molecular flexibility index (Phi) is 6.44. The van der Waals surface area contributed by atoms with Crippen LogP contribution >= 0.6 is 11.8 Å². The lowest BCUT2D eigenvalue weighted by molar-refractivity contribution is 0.1000. The Morgan fingerprint density at radius 3 is 2.57 bits per heavy atom. The molecule has 2 heterocycles. The van der Waals surface area contributed by atoms with Crippen LogP contribution in [0.4, 0.5) is 4.39 Å². The summed E-state index contributed by atoms with van der Waals surface area (Å²) >= 11 is 1.53. The molecule has 4 rings (SSSR count). The fraction of sp³-hybridized carbons (Fsp3) is 0.318. The Balaban J connectivity index is 1.59. The van der Waals surface area contributed by atoms with Crippen molar-refractivity contribution in [3.05, 3.63) is 71.3 Å². The topological polar surface area (TPSA) is 77.0 Å². The summed E-state index contributed by atoms with van der Waals surface area (Å²) in [6, 6.07) is 13.7. The minimum atomic E-state index is -0.444. The molecule has 156 valence electrons. The Morgan fingerprint density at radius 1 is 1.07 bits per heavy atom. The van der Waals surface area contributed by atoms with E-state index in [0.29, 0.717) is 17.9 Å². The lowest BCUT2D eigenvalue weighted by atomic mass is 10.1. The molecule has 30 heavy (non-hydrogen) atoms. The van der Waals surface area contributed by atoms with E-state index in [1.54, 1.807) is 24.3 Å². The van der Waals surface area contributed by atoms with Crippen molar-refractivity contribution in [3.63, 3.8) is 0 Å². The number of hydrogen-bond donors (Lipinski definition) is 1. The maximum atomic E-state index is 13.5. The second-order valence-electron chi connectivity index (χ2n) is 7.40. The number of benzene rings is 2. The van der Waals surface area contributed by atoms with E-state index in [0.717, 1.165) is 35.3 Å². The maximum absolute atomic E-state index is 13.5. The molecule has 1 aliphatic heterocycles. The predicted molar refractivity (Wildman–Crippen MR) is 115 cm³/mol. The lowest BCUT2D eigenvalue weighted by Crippen LogP contribution is -2.30. The molecule has 8 heteroatoms. The number of carbonyl (C=O) groups excluding carboxylic acids is 1. The van der Waals surface area contributed by atoms with Crippen molar-refractivity contribution in [1.82, 2.24) is 19.7 Å². The number of primary amides is 1. The van der Waals surface area contributed by atoms with Crippen molar-refractivity contribution in [2.24, 2.45) is 5.73 Å². The first-order valence-electron chi connectivity index (χ1n) is 10.0. The molecule has 1 amide bonds. The van der Waals surface area contributed by atoms with Crippen LogP contribution in [0.3, 0.4) is 0 Å². The summed E-state index contributed by atoms with van der Waals surface area (Å²) < 4.78 is 15.5. The van der Waals surface area contributed by atoms with Crippen LogP contribution in [0.2, 0.25) is 0 Å². The highest BCUT2D eigenvalue weighted by atomic mass is 32.2. The average Bonchev–Trinajstić information content (AvgIpc) is 3.16. The number of piperidine rings is 1. The van der Waals surface area contributed by atoms with Crippen LogP contribution in [-0.2, 0) is 12.3 Å². The SMILES string of the molecule is NC(=O)c1cccc(CSc2nnc(CN3CCCCC3)n2-c2ccc(F)cc2)c1. The molecular formula is C22H24FN5OS. The van der Waals surface area contributed by atoms with E-state index in [9.17, 15) is 9.18 Å². The highest BCUT2D eigenvalue weighted by Gasteiger charge is 2.19. The van der Waals surface area contributed by atoms with Gasteiger partial charge in [-0.3, -0.25) is 14.3 Å². The van der Waals surface area contributed by atoms with E-state index >= 15 is 0 Å². The quantitative estimate of drug-likeness (QED) is 0.583. The molecule has 1 saturated heterocycles. The standard InChI is InChI=1S/C22H24FN5OS/c23-18-7-9-19(10-8-18)28-20(14-27-11-2-1-3-12-27)25-26-22(28)30-15-16-5-4-6-17(13-16)21(24)29/h4-10,13H,1-3,11-12,14-15H2,(H2,24,29). The van der Waals surface area contributed by atoms with Gasteiger partial charge in [-0.1, -0.05) is 30.3 Å². The summed E-state index contributed by atoms with van der Waals surface area (Å²) in [4.78, 5) is 13.8. The molecule has 3 aromatic rings. The molecule has 1 aromatic heterocycles. The molecule has 0 aliphatic carbocycles. The van der Waals surface area contributed by atoms with Gasteiger partial charge in [0.2, 0.25) is 5.91 Å². The van der Waals surface area contributed by atoms with E-state index < -0.39 is 5.91 Å². The molecular weight excluding hydrogens is 401 g/mol. The number of rotatable bonds is 7. The Hall–Kier alpha value is -2.71. The molecule has 1 aliphatic rings. The second kappa shape index (κ2) is 9.40. The van der Waals surface area contributed by atoms with E-state index in [4.69, 9.17) is 5.73 Å². The van der Waals surface area contributed by atoms with E-state index in [1.165, 1.54) is 43.2 Å². The predicted octanol–water partition coefficient (Wildman–Crippen LogP) is 3.78. The van der Waals surface area contributed by atoms with E-state index in [2.05, 4.69) is 15.1 Å². The average molecular weight is 426 g/mol. The molecule has 6 nitrogen and oxygen atoms in total.